The van der Waals surface area contributed by atoms with E-state index in [1.54, 1.807) is 0 Å². The molecule has 71 valence electrons. The third-order valence-corrected chi connectivity index (χ3v) is 0. The van der Waals surface area contributed by atoms with Crippen molar-refractivity contribution in [1.29, 1.82) is 0 Å². The topological polar surface area (TPSA) is 155 Å². The van der Waals surface area contributed by atoms with E-state index in [0.29, 0.717) is 0 Å². The minimum Gasteiger partial charge on any atom is -0.672 e. The Kier molecular flexibility index (Phi) is 128. The van der Waals surface area contributed by atoms with Crippen LogP contribution in [0.25, 0.3) is 0 Å². The van der Waals surface area contributed by atoms with Gasteiger partial charge in [-0.2, -0.15) is 0 Å². The molecule has 0 fully saturated rings. The molecule has 0 heterocycles. The molecule has 0 aromatic heterocycles. The summed E-state index contributed by atoms with van der Waals surface area (Å²) < 4.78 is 17.1. The summed E-state index contributed by atoms with van der Waals surface area (Å²) in [5, 5.41) is 0. The maximum Gasteiger partial charge on any atom is 0.410 e. The third kappa shape index (κ3) is 416. The normalized spacial score (nSPS) is 3.69. The average Bonchev–Trinajstić information content (AvgIpc) is 1.25. The fourth-order valence-corrected chi connectivity index (χ4v) is 0. The van der Waals surface area contributed by atoms with Crippen molar-refractivity contribution in [3.05, 3.63) is 0 Å². The van der Waals surface area contributed by atoms with E-state index in [4.69, 9.17) is 28.1 Å². The largest absolute Gasteiger partial charge is 0.672 e. The number of hydrogen-bond donors (Lipinski definition) is 1. The van der Waals surface area contributed by atoms with Gasteiger partial charge in [0, 0.05) is 104 Å². The molecule has 0 aromatic rings. The number of hydrogen-bond acceptors (Lipinski definition) is 5. The minimum absolute atomic E-state index is 0. The van der Waals surface area contributed by atoms with Crippen molar-refractivity contribution in [1.82, 2.24) is 0 Å². The van der Waals surface area contributed by atoms with Gasteiger partial charge in [0.25, 0.3) is 0 Å². The summed E-state index contributed by atoms with van der Waals surface area (Å²) in [6, 6.07) is 0. The van der Waals surface area contributed by atoms with Gasteiger partial charge in [0.15, 0.2) is 0 Å². The van der Waals surface area contributed by atoms with Crippen LogP contribution in [0, 0.1) is 0 Å². The van der Waals surface area contributed by atoms with Gasteiger partial charge in [-0.05, 0) is 0 Å². The van der Waals surface area contributed by atoms with Crippen molar-refractivity contribution in [3.8, 4) is 0 Å². The first-order valence-corrected chi connectivity index (χ1v) is 3.73. The van der Waals surface area contributed by atoms with E-state index in [0.717, 1.165) is 0 Å². The molecule has 0 rings (SSSR count). The fraction of sp³-hybridized carbons (Fsp3) is 0. The van der Waals surface area contributed by atoms with Gasteiger partial charge in [0.05, 0.1) is 0 Å². The van der Waals surface area contributed by atoms with E-state index < -0.39 is 18.3 Å². The van der Waals surface area contributed by atoms with Gasteiger partial charge >= 0.3 is 9.17 Å². The van der Waals surface area contributed by atoms with Crippen LogP contribution in [-0.4, -0.2) is 107 Å². The minimum atomic E-state index is -3.63. The Hall–Kier alpha value is 2.27. The molecule has 0 aliphatic rings. The maximum atomic E-state index is 8.63. The second-order valence-electron chi connectivity index (χ2n) is 0.516. The molecule has 0 amide bonds. The molecule has 7 radical (unpaired) electrons. The van der Waals surface area contributed by atoms with Crippen LogP contribution in [0.2, 0.25) is 0 Å². The molecular weight excluding hydrogens is 315 g/mol. The van der Waals surface area contributed by atoms with Gasteiger partial charge in [-0.15, -0.1) is 0 Å². The zero-order chi connectivity index (χ0) is 7.15. The Balaban J connectivity index is -0.00000000800. The SMILES string of the molecule is O.O=[Si]([O-])O.O=[Si]([O-])[O-].[Al].[Ca].[Fe].[Mg]. The molecular formula is H3AlCaFeMgO7Si2-3. The summed E-state index contributed by atoms with van der Waals surface area (Å²) in [4.78, 5) is 32.7. The molecule has 3 N–H and O–H groups in total. The second kappa shape index (κ2) is 36.7. The molecule has 13 heavy (non-hydrogen) atoms. The molecule has 7 nitrogen and oxygen atoms in total. The monoisotopic (exact) mass is 318 g/mol. The summed E-state index contributed by atoms with van der Waals surface area (Å²) in [5.74, 6) is 0. The van der Waals surface area contributed by atoms with E-state index >= 15 is 0 Å². The summed E-state index contributed by atoms with van der Waals surface area (Å²) in [6.07, 6.45) is 0. The van der Waals surface area contributed by atoms with Gasteiger partial charge in [0.2, 0.25) is 0 Å². The standard InChI is InChI=1S/Al.Ca.Fe.Mg.HO3Si.O3Si.H2O/c;;;;2*1-4(2)3;/h;;;;1H;;1H2/q;;;;-1;-2;. The molecule has 0 bridgehead atoms. The molecule has 0 aromatic carbocycles. The third-order valence-electron chi connectivity index (χ3n) is 0. The van der Waals surface area contributed by atoms with Crippen LogP contribution < -0.4 is 14.4 Å². The number of rotatable bonds is 0. The Morgan fingerprint density at radius 2 is 1.08 bits per heavy atom. The Labute approximate surface area is 145 Å². The van der Waals surface area contributed by atoms with E-state index in [2.05, 4.69) is 0 Å². The van der Waals surface area contributed by atoms with Crippen molar-refractivity contribution in [2.24, 2.45) is 0 Å². The predicted octanol–water partition coefficient (Wildman–Crippen LogP) is -7.09. The smallest absolute Gasteiger partial charge is 0.410 e. The molecule has 0 saturated carbocycles. The van der Waals surface area contributed by atoms with Crippen LogP contribution in [0.3, 0.4) is 0 Å². The molecule has 0 saturated heterocycles. The van der Waals surface area contributed by atoms with Gasteiger partial charge in [-0.3, -0.25) is 0 Å². The van der Waals surface area contributed by atoms with E-state index in [-0.39, 0.29) is 101 Å². The van der Waals surface area contributed by atoms with Crippen molar-refractivity contribution >= 4 is 96.5 Å². The first-order chi connectivity index (χ1) is 3.46. The zero-order valence-electron chi connectivity index (χ0n) is 6.33. The van der Waals surface area contributed by atoms with Crippen molar-refractivity contribution in [2.45, 2.75) is 0 Å². The van der Waals surface area contributed by atoms with Crippen LogP contribution >= 0.6 is 0 Å². The van der Waals surface area contributed by atoms with Crippen LogP contribution in [0.15, 0.2) is 0 Å². The van der Waals surface area contributed by atoms with E-state index in [1.165, 1.54) is 0 Å². The molecule has 0 atom stereocenters. The van der Waals surface area contributed by atoms with Crippen molar-refractivity contribution in [3.63, 3.8) is 0 Å². The summed E-state index contributed by atoms with van der Waals surface area (Å²) in [5.41, 5.74) is 0. The summed E-state index contributed by atoms with van der Waals surface area (Å²) in [7, 11) is -7.01. The molecule has 0 aliphatic heterocycles. The van der Waals surface area contributed by atoms with Gasteiger partial charge in [-0.1, -0.05) is 0 Å². The van der Waals surface area contributed by atoms with Crippen LogP contribution in [0.4, 0.5) is 0 Å². The van der Waals surface area contributed by atoms with Gasteiger partial charge < -0.3 is 33.6 Å². The summed E-state index contributed by atoms with van der Waals surface area (Å²) in [6.45, 7) is 0. The molecule has 0 unspecified atom stereocenters. The Morgan fingerprint density at radius 3 is 1.08 bits per heavy atom. The van der Waals surface area contributed by atoms with Crippen LogP contribution in [0.5, 0.6) is 0 Å². The fourth-order valence-electron chi connectivity index (χ4n) is 0. The van der Waals surface area contributed by atoms with Crippen molar-refractivity contribution in [2.75, 3.05) is 0 Å². The average molecular weight is 318 g/mol. The van der Waals surface area contributed by atoms with Gasteiger partial charge in [0.1, 0.15) is 0 Å². The van der Waals surface area contributed by atoms with E-state index in [9.17, 15) is 0 Å². The van der Waals surface area contributed by atoms with Crippen molar-refractivity contribution < 1.29 is 50.7 Å². The first-order valence-electron chi connectivity index (χ1n) is 1.24. The Bertz CT molecular complexity index is 84.5. The van der Waals surface area contributed by atoms with Crippen LogP contribution in [-0.2, 0) is 26.0 Å². The van der Waals surface area contributed by atoms with Crippen LogP contribution in [0.1, 0.15) is 0 Å². The van der Waals surface area contributed by atoms with E-state index in [1.807, 2.05) is 0 Å². The summed E-state index contributed by atoms with van der Waals surface area (Å²) >= 11 is 0. The zero-order valence-corrected chi connectivity index (χ0v) is 14.2. The quantitative estimate of drug-likeness (QED) is 0.437. The Morgan fingerprint density at radius 1 is 1.08 bits per heavy atom. The molecule has 13 heteroatoms. The predicted molar refractivity (Wildman–Crippen MR) is 36.0 cm³/mol. The molecule has 0 aliphatic carbocycles. The maximum absolute atomic E-state index is 8.63. The van der Waals surface area contributed by atoms with Gasteiger partial charge in [-0.25, -0.2) is 0 Å². The second-order valence-corrected chi connectivity index (χ2v) is 1.55. The first kappa shape index (κ1) is 45.5. The molecule has 0 spiro atoms.